The minimum absolute atomic E-state index is 0.0713. The quantitative estimate of drug-likeness (QED) is 0.421. The van der Waals surface area contributed by atoms with Gasteiger partial charge in [0.15, 0.2) is 5.43 Å². The highest BCUT2D eigenvalue weighted by Crippen LogP contribution is 2.41. The summed E-state index contributed by atoms with van der Waals surface area (Å²) in [5.74, 6) is -1.61. The van der Waals surface area contributed by atoms with Crippen molar-refractivity contribution in [1.29, 1.82) is 0 Å². The maximum atomic E-state index is 13.9. The fourth-order valence-electron chi connectivity index (χ4n) is 4.13. The number of benzene rings is 3. The minimum atomic E-state index is -0.772. The monoisotopic (exact) mass is 443 g/mol. The van der Waals surface area contributed by atoms with Crippen LogP contribution < -0.4 is 10.3 Å². The van der Waals surface area contributed by atoms with E-state index in [0.717, 1.165) is 6.07 Å². The molecule has 0 spiro atoms. The van der Waals surface area contributed by atoms with E-state index in [2.05, 4.69) is 0 Å². The summed E-state index contributed by atoms with van der Waals surface area (Å²) in [6.45, 7) is 1.97. The van der Waals surface area contributed by atoms with Gasteiger partial charge in [-0.15, -0.1) is 0 Å². The molecule has 0 bridgehead atoms. The molecule has 1 unspecified atom stereocenters. The Bertz CT molecular complexity index is 1440. The summed E-state index contributed by atoms with van der Waals surface area (Å²) in [5.41, 5.74) is 1.35. The van der Waals surface area contributed by atoms with E-state index in [0.29, 0.717) is 16.8 Å². The largest absolute Gasteiger partial charge is 0.462 e. The van der Waals surface area contributed by atoms with Crippen LogP contribution in [0.25, 0.3) is 11.0 Å². The average Bonchev–Trinajstić information content (AvgIpc) is 3.13. The van der Waals surface area contributed by atoms with Gasteiger partial charge in [-0.25, -0.2) is 9.18 Å². The Morgan fingerprint density at radius 3 is 2.45 bits per heavy atom. The summed E-state index contributed by atoms with van der Waals surface area (Å²) in [7, 11) is 0. The van der Waals surface area contributed by atoms with Crippen LogP contribution >= 0.6 is 0 Å². The van der Waals surface area contributed by atoms with Crippen LogP contribution in [0.15, 0.2) is 82.0 Å². The van der Waals surface area contributed by atoms with E-state index in [-0.39, 0.29) is 28.9 Å². The highest BCUT2D eigenvalue weighted by Gasteiger charge is 2.43. The van der Waals surface area contributed by atoms with Gasteiger partial charge >= 0.3 is 5.97 Å². The second kappa shape index (κ2) is 8.02. The standard InChI is InChI=1S/C26H18FNO5/c1-2-32-26(31)16-8-11-18(12-9-16)28-22(15-6-4-3-5-7-15)21-23(29)19-14-17(27)10-13-20(19)33-24(21)25(28)30/h3-14,22H,2H2,1H3. The number of carbonyl (C=O) groups is 2. The molecule has 3 aromatic carbocycles. The van der Waals surface area contributed by atoms with Crippen LogP contribution in [0.3, 0.4) is 0 Å². The number of hydrogen-bond acceptors (Lipinski definition) is 5. The van der Waals surface area contributed by atoms with Crippen molar-refractivity contribution < 1.29 is 23.1 Å². The number of carbonyl (C=O) groups excluding carboxylic acids is 2. The molecule has 2 heterocycles. The van der Waals surface area contributed by atoms with Gasteiger partial charge in [0.1, 0.15) is 11.4 Å². The van der Waals surface area contributed by atoms with Gasteiger partial charge in [0.25, 0.3) is 5.91 Å². The summed E-state index contributed by atoms with van der Waals surface area (Å²) in [6.07, 6.45) is 0. The second-order valence-electron chi connectivity index (χ2n) is 7.57. The van der Waals surface area contributed by atoms with Gasteiger partial charge in [0.05, 0.1) is 29.2 Å². The zero-order chi connectivity index (χ0) is 23.1. The highest BCUT2D eigenvalue weighted by molar-refractivity contribution is 6.10. The predicted molar refractivity (Wildman–Crippen MR) is 120 cm³/mol. The van der Waals surface area contributed by atoms with Crippen molar-refractivity contribution in [3.8, 4) is 0 Å². The topological polar surface area (TPSA) is 76.8 Å². The van der Waals surface area contributed by atoms with Gasteiger partial charge in [-0.05, 0) is 55.0 Å². The fourth-order valence-corrected chi connectivity index (χ4v) is 4.13. The number of amides is 1. The van der Waals surface area contributed by atoms with Crippen LogP contribution in [-0.4, -0.2) is 18.5 Å². The highest BCUT2D eigenvalue weighted by atomic mass is 19.1. The molecule has 0 aliphatic carbocycles. The molecule has 164 valence electrons. The molecule has 0 radical (unpaired) electrons. The lowest BCUT2D eigenvalue weighted by Crippen LogP contribution is -2.29. The second-order valence-corrected chi connectivity index (χ2v) is 7.57. The van der Waals surface area contributed by atoms with E-state index < -0.39 is 29.2 Å². The van der Waals surface area contributed by atoms with Crippen molar-refractivity contribution in [3.63, 3.8) is 0 Å². The number of rotatable bonds is 4. The molecule has 0 saturated carbocycles. The van der Waals surface area contributed by atoms with Crippen molar-refractivity contribution in [3.05, 3.63) is 111 Å². The molecular weight excluding hydrogens is 425 g/mol. The third kappa shape index (κ3) is 3.38. The number of anilines is 1. The first-order valence-electron chi connectivity index (χ1n) is 10.4. The molecule has 1 aliphatic rings. The Kier molecular flexibility index (Phi) is 5.01. The van der Waals surface area contributed by atoms with E-state index in [1.54, 1.807) is 31.2 Å². The predicted octanol–water partition coefficient (Wildman–Crippen LogP) is 4.86. The van der Waals surface area contributed by atoms with E-state index in [4.69, 9.17) is 9.15 Å². The first-order chi connectivity index (χ1) is 16.0. The fraction of sp³-hybridized carbons (Fsp3) is 0.115. The molecule has 1 aliphatic heterocycles. The van der Waals surface area contributed by atoms with Gasteiger partial charge in [0, 0.05) is 5.69 Å². The molecular formula is C26H18FNO5. The third-order valence-corrected chi connectivity index (χ3v) is 5.60. The van der Waals surface area contributed by atoms with Gasteiger partial charge in [-0.2, -0.15) is 0 Å². The SMILES string of the molecule is CCOC(=O)c1ccc(N2C(=O)c3oc4ccc(F)cc4c(=O)c3C2c2ccccc2)cc1. The lowest BCUT2D eigenvalue weighted by molar-refractivity contribution is 0.0526. The molecule has 33 heavy (non-hydrogen) atoms. The van der Waals surface area contributed by atoms with E-state index in [1.807, 2.05) is 30.3 Å². The molecule has 6 nitrogen and oxygen atoms in total. The number of halogens is 1. The number of ether oxygens (including phenoxy) is 1. The minimum Gasteiger partial charge on any atom is -0.462 e. The molecule has 7 heteroatoms. The van der Waals surface area contributed by atoms with E-state index in [9.17, 15) is 18.8 Å². The molecule has 0 N–H and O–H groups in total. The lowest BCUT2D eigenvalue weighted by Gasteiger charge is -2.25. The zero-order valence-corrected chi connectivity index (χ0v) is 17.6. The van der Waals surface area contributed by atoms with Crippen molar-refractivity contribution in [2.24, 2.45) is 0 Å². The van der Waals surface area contributed by atoms with Crippen molar-refractivity contribution in [1.82, 2.24) is 0 Å². The molecule has 0 fully saturated rings. The lowest BCUT2D eigenvalue weighted by atomic mass is 9.98. The first kappa shape index (κ1) is 20.6. The van der Waals surface area contributed by atoms with Crippen LogP contribution in [0.4, 0.5) is 10.1 Å². The van der Waals surface area contributed by atoms with Gasteiger partial charge < -0.3 is 9.15 Å². The molecule has 1 atom stereocenters. The zero-order valence-electron chi connectivity index (χ0n) is 17.6. The Hall–Kier alpha value is -4.26. The Balaban J connectivity index is 1.70. The Morgan fingerprint density at radius 1 is 1.03 bits per heavy atom. The Labute approximate surface area is 187 Å². The van der Waals surface area contributed by atoms with Crippen molar-refractivity contribution in [2.75, 3.05) is 11.5 Å². The molecule has 4 aromatic rings. The number of nitrogens with zero attached hydrogens (tertiary/aromatic N) is 1. The van der Waals surface area contributed by atoms with Gasteiger partial charge in [-0.1, -0.05) is 30.3 Å². The van der Waals surface area contributed by atoms with E-state index in [1.165, 1.54) is 17.0 Å². The van der Waals surface area contributed by atoms with Crippen LogP contribution in [0.1, 0.15) is 45.0 Å². The van der Waals surface area contributed by atoms with E-state index >= 15 is 0 Å². The summed E-state index contributed by atoms with van der Waals surface area (Å²) >= 11 is 0. The third-order valence-electron chi connectivity index (χ3n) is 5.60. The molecule has 1 aromatic heterocycles. The van der Waals surface area contributed by atoms with Crippen LogP contribution in [0.2, 0.25) is 0 Å². The summed E-state index contributed by atoms with van der Waals surface area (Å²) in [5, 5.41) is 0.0713. The van der Waals surface area contributed by atoms with Crippen LogP contribution in [-0.2, 0) is 4.74 Å². The number of hydrogen-bond donors (Lipinski definition) is 0. The van der Waals surface area contributed by atoms with Crippen LogP contribution in [0.5, 0.6) is 0 Å². The maximum absolute atomic E-state index is 13.9. The number of esters is 1. The Morgan fingerprint density at radius 2 is 1.76 bits per heavy atom. The molecule has 0 saturated heterocycles. The first-order valence-corrected chi connectivity index (χ1v) is 10.4. The smallest absolute Gasteiger partial charge is 0.338 e. The van der Waals surface area contributed by atoms with Crippen LogP contribution in [0, 0.1) is 5.82 Å². The average molecular weight is 443 g/mol. The summed E-state index contributed by atoms with van der Waals surface area (Å²) in [4.78, 5) is 40.4. The summed E-state index contributed by atoms with van der Waals surface area (Å²) < 4.78 is 24.7. The normalized spacial score (nSPS) is 15.0. The summed E-state index contributed by atoms with van der Waals surface area (Å²) in [6, 6.07) is 18.3. The van der Waals surface area contributed by atoms with Gasteiger partial charge in [0.2, 0.25) is 5.76 Å². The molecule has 1 amide bonds. The number of fused-ring (bicyclic) bond motifs is 2. The van der Waals surface area contributed by atoms with Gasteiger partial charge in [-0.3, -0.25) is 14.5 Å². The molecule has 5 rings (SSSR count). The maximum Gasteiger partial charge on any atom is 0.338 e. The van der Waals surface area contributed by atoms with Crippen molar-refractivity contribution >= 4 is 28.5 Å². The van der Waals surface area contributed by atoms with Crippen molar-refractivity contribution in [2.45, 2.75) is 13.0 Å².